The molecule has 6 nitrogen and oxygen atoms in total. The minimum atomic E-state index is -0.456. The van der Waals surface area contributed by atoms with Gasteiger partial charge >= 0.3 is 0 Å². The lowest BCUT2D eigenvalue weighted by Crippen LogP contribution is -2.19. The normalized spacial score (nSPS) is 15.6. The summed E-state index contributed by atoms with van der Waals surface area (Å²) in [7, 11) is 0. The van der Waals surface area contributed by atoms with Crippen LogP contribution in [0.15, 0.2) is 23.4 Å². The molecular formula is C11H13N3O3. The highest BCUT2D eigenvalue weighted by molar-refractivity contribution is 5.89. The van der Waals surface area contributed by atoms with Crippen LogP contribution < -0.4 is 4.90 Å². The molecule has 0 unspecified atom stereocenters. The van der Waals surface area contributed by atoms with E-state index < -0.39 is 4.92 Å². The summed E-state index contributed by atoms with van der Waals surface area (Å²) in [4.78, 5) is 12.4. The predicted octanol–water partition coefficient (Wildman–Crippen LogP) is 2.00. The number of non-ortho nitro benzene ring substituents is 1. The Morgan fingerprint density at radius 2 is 2.12 bits per heavy atom. The van der Waals surface area contributed by atoms with Crippen LogP contribution in [0.4, 0.5) is 11.4 Å². The van der Waals surface area contributed by atoms with E-state index in [1.807, 2.05) is 0 Å². The summed E-state index contributed by atoms with van der Waals surface area (Å²) in [6.07, 6.45) is 3.47. The molecule has 1 N–H and O–H groups in total. The van der Waals surface area contributed by atoms with Gasteiger partial charge in [-0.1, -0.05) is 5.16 Å². The highest BCUT2D eigenvalue weighted by Gasteiger charge is 2.17. The molecule has 90 valence electrons. The van der Waals surface area contributed by atoms with Crippen molar-refractivity contribution in [2.45, 2.75) is 12.8 Å². The number of nitro benzene ring substituents is 1. The van der Waals surface area contributed by atoms with E-state index in [0.717, 1.165) is 31.6 Å². The van der Waals surface area contributed by atoms with Crippen molar-refractivity contribution < 1.29 is 10.1 Å². The Labute approximate surface area is 98.3 Å². The molecule has 0 aliphatic carbocycles. The minimum Gasteiger partial charge on any atom is -0.411 e. The van der Waals surface area contributed by atoms with Crippen LogP contribution in [-0.2, 0) is 0 Å². The van der Waals surface area contributed by atoms with Crippen LogP contribution in [0.3, 0.4) is 0 Å². The van der Waals surface area contributed by atoms with Gasteiger partial charge in [-0.25, -0.2) is 0 Å². The second-order valence-electron chi connectivity index (χ2n) is 3.94. The average Bonchev–Trinajstić information content (AvgIpc) is 2.82. The summed E-state index contributed by atoms with van der Waals surface area (Å²) in [5, 5.41) is 22.2. The number of nitrogens with zero attached hydrogens (tertiary/aromatic N) is 3. The first-order chi connectivity index (χ1) is 8.22. The van der Waals surface area contributed by atoms with Crippen molar-refractivity contribution in [1.29, 1.82) is 0 Å². The molecule has 0 amide bonds. The number of benzene rings is 1. The number of anilines is 1. The van der Waals surface area contributed by atoms with Crippen LogP contribution in [-0.4, -0.2) is 29.4 Å². The van der Waals surface area contributed by atoms with Crippen LogP contribution in [0.25, 0.3) is 0 Å². The summed E-state index contributed by atoms with van der Waals surface area (Å²) >= 11 is 0. The minimum absolute atomic E-state index is 0.00264. The fraction of sp³-hybridized carbons (Fsp3) is 0.364. The summed E-state index contributed by atoms with van der Waals surface area (Å²) in [6.45, 7) is 1.87. The first kappa shape index (κ1) is 11.4. The summed E-state index contributed by atoms with van der Waals surface area (Å²) in [5.41, 5.74) is 1.46. The van der Waals surface area contributed by atoms with Gasteiger partial charge in [0.2, 0.25) is 0 Å². The second-order valence-corrected chi connectivity index (χ2v) is 3.94. The Bertz CT molecular complexity index is 453. The van der Waals surface area contributed by atoms with Crippen molar-refractivity contribution in [3.63, 3.8) is 0 Å². The largest absolute Gasteiger partial charge is 0.411 e. The lowest BCUT2D eigenvalue weighted by atomic mass is 10.1. The van der Waals surface area contributed by atoms with E-state index in [9.17, 15) is 10.1 Å². The molecule has 1 aliphatic heterocycles. The van der Waals surface area contributed by atoms with Gasteiger partial charge in [-0.2, -0.15) is 0 Å². The van der Waals surface area contributed by atoms with Crippen LogP contribution in [0, 0.1) is 10.1 Å². The first-order valence-electron chi connectivity index (χ1n) is 5.43. The van der Waals surface area contributed by atoms with Crippen LogP contribution >= 0.6 is 0 Å². The van der Waals surface area contributed by atoms with Gasteiger partial charge < -0.3 is 10.1 Å². The molecule has 0 saturated carbocycles. The van der Waals surface area contributed by atoms with E-state index in [2.05, 4.69) is 10.1 Å². The van der Waals surface area contributed by atoms with Crippen molar-refractivity contribution in [3.05, 3.63) is 33.9 Å². The maximum absolute atomic E-state index is 10.7. The molecule has 17 heavy (non-hydrogen) atoms. The molecule has 6 heteroatoms. The number of rotatable bonds is 3. The van der Waals surface area contributed by atoms with Gasteiger partial charge in [0.05, 0.1) is 11.1 Å². The highest BCUT2D eigenvalue weighted by Crippen LogP contribution is 2.27. The van der Waals surface area contributed by atoms with E-state index in [1.165, 1.54) is 18.3 Å². The smallest absolute Gasteiger partial charge is 0.270 e. The fourth-order valence-electron chi connectivity index (χ4n) is 2.07. The van der Waals surface area contributed by atoms with Gasteiger partial charge in [0.1, 0.15) is 0 Å². The quantitative estimate of drug-likeness (QED) is 0.376. The zero-order valence-electron chi connectivity index (χ0n) is 9.24. The van der Waals surface area contributed by atoms with E-state index in [-0.39, 0.29) is 5.69 Å². The third kappa shape index (κ3) is 2.35. The zero-order chi connectivity index (χ0) is 12.3. The van der Waals surface area contributed by atoms with Gasteiger partial charge in [-0.15, -0.1) is 0 Å². The molecule has 1 aromatic carbocycles. The van der Waals surface area contributed by atoms with Crippen molar-refractivity contribution in [3.8, 4) is 0 Å². The van der Waals surface area contributed by atoms with Crippen molar-refractivity contribution in [2.24, 2.45) is 5.16 Å². The third-order valence-electron chi connectivity index (χ3n) is 2.87. The molecule has 0 spiro atoms. The van der Waals surface area contributed by atoms with E-state index >= 15 is 0 Å². The Balaban J connectivity index is 2.40. The van der Waals surface area contributed by atoms with Crippen molar-refractivity contribution in [1.82, 2.24) is 0 Å². The van der Waals surface area contributed by atoms with E-state index in [0.29, 0.717) is 5.56 Å². The standard InChI is InChI=1S/C11H13N3O3/c15-12-8-9-7-10(14(16)17)3-4-11(9)13-5-1-2-6-13/h3-4,7-8,15H,1-2,5-6H2. The summed E-state index contributed by atoms with van der Waals surface area (Å²) < 4.78 is 0. The van der Waals surface area contributed by atoms with Gasteiger partial charge in [-0.05, 0) is 18.9 Å². The Kier molecular flexibility index (Phi) is 3.22. The average molecular weight is 235 g/mol. The van der Waals surface area contributed by atoms with Gasteiger partial charge in [0.15, 0.2) is 0 Å². The number of nitro groups is 1. The summed E-state index contributed by atoms with van der Waals surface area (Å²) in [5.74, 6) is 0. The van der Waals surface area contributed by atoms with Gasteiger partial charge in [0, 0.05) is 36.5 Å². The first-order valence-corrected chi connectivity index (χ1v) is 5.43. The fourth-order valence-corrected chi connectivity index (χ4v) is 2.07. The SMILES string of the molecule is O=[N+]([O-])c1ccc(N2CCCC2)c(C=NO)c1. The predicted molar refractivity (Wildman–Crippen MR) is 63.9 cm³/mol. The molecule has 0 aromatic heterocycles. The van der Waals surface area contributed by atoms with E-state index in [1.54, 1.807) is 6.07 Å². The second kappa shape index (κ2) is 4.82. The Morgan fingerprint density at radius 1 is 1.41 bits per heavy atom. The van der Waals surface area contributed by atoms with Crippen molar-refractivity contribution >= 4 is 17.6 Å². The maximum atomic E-state index is 10.7. The number of oxime groups is 1. The molecule has 1 aromatic rings. The highest BCUT2D eigenvalue weighted by atomic mass is 16.6. The monoisotopic (exact) mass is 235 g/mol. The molecule has 1 saturated heterocycles. The Morgan fingerprint density at radius 3 is 2.71 bits per heavy atom. The van der Waals surface area contributed by atoms with Crippen LogP contribution in [0.5, 0.6) is 0 Å². The zero-order valence-corrected chi connectivity index (χ0v) is 9.24. The molecular weight excluding hydrogens is 222 g/mol. The van der Waals surface area contributed by atoms with Crippen LogP contribution in [0.2, 0.25) is 0 Å². The maximum Gasteiger partial charge on any atom is 0.270 e. The molecule has 1 aliphatic rings. The molecule has 0 atom stereocenters. The summed E-state index contributed by atoms with van der Waals surface area (Å²) in [6, 6.07) is 4.61. The molecule has 0 radical (unpaired) electrons. The molecule has 1 heterocycles. The topological polar surface area (TPSA) is 79.0 Å². The van der Waals surface area contributed by atoms with Gasteiger partial charge in [0.25, 0.3) is 5.69 Å². The third-order valence-corrected chi connectivity index (χ3v) is 2.87. The molecule has 0 bridgehead atoms. The lowest BCUT2D eigenvalue weighted by molar-refractivity contribution is -0.384. The van der Waals surface area contributed by atoms with E-state index in [4.69, 9.17) is 5.21 Å². The lowest BCUT2D eigenvalue weighted by Gasteiger charge is -2.19. The van der Waals surface area contributed by atoms with Gasteiger partial charge in [-0.3, -0.25) is 10.1 Å². The molecule has 1 fully saturated rings. The van der Waals surface area contributed by atoms with Crippen LogP contribution in [0.1, 0.15) is 18.4 Å². The number of hydrogen-bond donors (Lipinski definition) is 1. The van der Waals surface area contributed by atoms with Crippen molar-refractivity contribution in [2.75, 3.05) is 18.0 Å². The number of hydrogen-bond acceptors (Lipinski definition) is 5. The Hall–Kier alpha value is -2.11. The molecule has 2 rings (SSSR count).